The van der Waals surface area contributed by atoms with E-state index in [9.17, 15) is 9.59 Å². The van der Waals surface area contributed by atoms with Crippen molar-refractivity contribution in [3.63, 3.8) is 0 Å². The normalized spacial score (nSPS) is 11.7. The van der Waals surface area contributed by atoms with Gasteiger partial charge in [-0.25, -0.2) is 14.6 Å². The Morgan fingerprint density at radius 3 is 2.33 bits per heavy atom. The number of ether oxygens (including phenoxy) is 4. The number of hydrogen-bond acceptors (Lipinski definition) is 7. The van der Waals surface area contributed by atoms with Crippen LogP contribution in [0.2, 0.25) is 25.7 Å². The highest BCUT2D eigenvalue weighted by atomic mass is 28.3. The van der Waals surface area contributed by atoms with Crippen LogP contribution in [0.1, 0.15) is 27.2 Å². The van der Waals surface area contributed by atoms with Crippen molar-refractivity contribution < 1.29 is 28.5 Å². The summed E-state index contributed by atoms with van der Waals surface area (Å²) < 4.78 is 24.7. The van der Waals surface area contributed by atoms with Crippen molar-refractivity contribution in [1.29, 1.82) is 0 Å². The number of rotatable bonds is 13. The fourth-order valence-electron chi connectivity index (χ4n) is 4.30. The molecular weight excluding hydrogens is 566 g/mol. The number of fused-ring (bicyclic) bond motifs is 1. The van der Waals surface area contributed by atoms with Gasteiger partial charge in [0.1, 0.15) is 35.3 Å². The predicted octanol–water partition coefficient (Wildman–Crippen LogP) is 6.41. The predicted molar refractivity (Wildman–Crippen MR) is 173 cm³/mol. The number of methoxy groups -OCH3 is 2. The van der Waals surface area contributed by atoms with Crippen LogP contribution in [0.3, 0.4) is 0 Å². The molecule has 0 spiro atoms. The van der Waals surface area contributed by atoms with Crippen molar-refractivity contribution in [2.45, 2.75) is 65.2 Å². The summed E-state index contributed by atoms with van der Waals surface area (Å²) in [6.45, 7) is 14.2. The molecule has 0 atom stereocenters. The quantitative estimate of drug-likeness (QED) is 0.169. The van der Waals surface area contributed by atoms with Crippen LogP contribution in [0.25, 0.3) is 22.2 Å². The Morgan fingerprint density at radius 2 is 1.72 bits per heavy atom. The Kier molecular flexibility index (Phi) is 11.5. The molecule has 2 heterocycles. The van der Waals surface area contributed by atoms with Gasteiger partial charge in [0.05, 0.1) is 19.8 Å². The van der Waals surface area contributed by atoms with Crippen molar-refractivity contribution in [2.75, 3.05) is 46.3 Å². The van der Waals surface area contributed by atoms with Crippen LogP contribution in [0, 0.1) is 0 Å². The van der Waals surface area contributed by atoms with Crippen LogP contribution in [0.4, 0.5) is 15.4 Å². The second kappa shape index (κ2) is 14.6. The lowest BCUT2D eigenvalue weighted by atomic mass is 10.0. The van der Waals surface area contributed by atoms with Crippen LogP contribution >= 0.6 is 0 Å². The molecule has 0 radical (unpaired) electrons. The molecule has 11 nitrogen and oxygen atoms in total. The summed E-state index contributed by atoms with van der Waals surface area (Å²) in [5.41, 5.74) is 1.80. The minimum Gasteiger partial charge on any atom is -0.496 e. The van der Waals surface area contributed by atoms with E-state index in [4.69, 9.17) is 23.9 Å². The summed E-state index contributed by atoms with van der Waals surface area (Å²) in [7, 11) is 3.69. The number of aromatic nitrogens is 2. The summed E-state index contributed by atoms with van der Waals surface area (Å²) in [6.07, 6.45) is 2.15. The molecule has 236 valence electrons. The Balaban J connectivity index is 1.76. The number of nitrogens with one attached hydrogen (secondary N) is 2. The van der Waals surface area contributed by atoms with Crippen molar-refractivity contribution in [3.8, 4) is 22.6 Å². The van der Waals surface area contributed by atoms with Gasteiger partial charge < -0.3 is 33.7 Å². The first-order chi connectivity index (χ1) is 20.2. The zero-order valence-electron chi connectivity index (χ0n) is 27.0. The fourth-order valence-corrected chi connectivity index (χ4v) is 5.06. The number of amides is 3. The second-order valence-electron chi connectivity index (χ2n) is 12.6. The molecule has 2 aromatic heterocycles. The maximum Gasteiger partial charge on any atom is 0.410 e. The number of benzene rings is 1. The zero-order chi connectivity index (χ0) is 31.8. The van der Waals surface area contributed by atoms with Crippen LogP contribution < -0.4 is 20.1 Å². The van der Waals surface area contributed by atoms with Gasteiger partial charge in [-0.1, -0.05) is 25.7 Å². The van der Waals surface area contributed by atoms with Gasteiger partial charge in [0.15, 0.2) is 0 Å². The Hall–Kier alpha value is -3.77. The molecule has 12 heteroatoms. The minimum atomic E-state index is -1.25. The standard InChI is InChI=1S/C31H47N5O6Si/c1-31(2,3)42-30(38)35(4)17-11-16-32-29(37)34-26-15-14-22-23(27-24(39-5)12-10-13-25(27)40-6)20-36(28(22)33-26)21-41-18-19-43(7,8)9/h10,12-15,20H,11,16-19,21H2,1-9H3,(H2,32,33,34,37). The van der Waals surface area contributed by atoms with Gasteiger partial charge in [0.25, 0.3) is 0 Å². The Bertz CT molecular complexity index is 1370. The number of carbonyl (C=O) groups is 2. The molecule has 0 aliphatic carbocycles. The molecular formula is C31H47N5O6Si. The first-order valence-electron chi connectivity index (χ1n) is 14.5. The van der Waals surface area contributed by atoms with E-state index in [2.05, 4.69) is 30.3 Å². The molecule has 3 amide bonds. The van der Waals surface area contributed by atoms with E-state index < -0.39 is 19.8 Å². The first kappa shape index (κ1) is 33.7. The summed E-state index contributed by atoms with van der Waals surface area (Å²) in [4.78, 5) is 31.1. The molecule has 0 saturated carbocycles. The van der Waals surface area contributed by atoms with Gasteiger partial charge in [-0.3, -0.25) is 5.32 Å². The summed E-state index contributed by atoms with van der Waals surface area (Å²) in [6, 6.07) is 10.0. The van der Waals surface area contributed by atoms with Crippen molar-refractivity contribution in [2.24, 2.45) is 0 Å². The lowest BCUT2D eigenvalue weighted by molar-refractivity contribution is 0.0297. The van der Waals surface area contributed by atoms with Gasteiger partial charge in [0, 0.05) is 52.0 Å². The molecule has 0 aliphatic heterocycles. The minimum absolute atomic E-state index is 0.312. The van der Waals surface area contributed by atoms with E-state index in [1.165, 1.54) is 4.90 Å². The van der Waals surface area contributed by atoms with E-state index >= 15 is 0 Å². The topological polar surface area (TPSA) is 116 Å². The third-order valence-corrected chi connectivity index (χ3v) is 8.25. The van der Waals surface area contributed by atoms with Crippen molar-refractivity contribution in [1.82, 2.24) is 19.8 Å². The summed E-state index contributed by atoms with van der Waals surface area (Å²) >= 11 is 0. The lowest BCUT2D eigenvalue weighted by Crippen LogP contribution is -2.36. The molecule has 0 aliphatic rings. The van der Waals surface area contributed by atoms with E-state index in [1.54, 1.807) is 27.3 Å². The highest BCUT2D eigenvalue weighted by Crippen LogP contribution is 2.42. The van der Waals surface area contributed by atoms with Gasteiger partial charge in [-0.15, -0.1) is 0 Å². The SMILES string of the molecule is COc1cccc(OC)c1-c1cn(COCC[Si](C)(C)C)c2nc(NC(=O)NCCCN(C)C(=O)OC(C)(C)C)ccc12. The van der Waals surface area contributed by atoms with Gasteiger partial charge in [-0.05, 0) is 57.5 Å². The second-order valence-corrected chi connectivity index (χ2v) is 18.2. The van der Waals surface area contributed by atoms with E-state index in [1.807, 2.05) is 55.8 Å². The van der Waals surface area contributed by atoms with Gasteiger partial charge in [0.2, 0.25) is 0 Å². The highest BCUT2D eigenvalue weighted by Gasteiger charge is 2.21. The summed E-state index contributed by atoms with van der Waals surface area (Å²) in [5.74, 6) is 1.75. The van der Waals surface area contributed by atoms with Crippen LogP contribution in [-0.2, 0) is 16.2 Å². The van der Waals surface area contributed by atoms with Crippen molar-refractivity contribution in [3.05, 3.63) is 36.5 Å². The molecule has 0 unspecified atom stereocenters. The largest absolute Gasteiger partial charge is 0.496 e. The van der Waals surface area contributed by atoms with Crippen LogP contribution in [-0.4, -0.2) is 81.2 Å². The van der Waals surface area contributed by atoms with E-state index in [0.29, 0.717) is 55.8 Å². The number of hydrogen-bond donors (Lipinski definition) is 2. The Labute approximate surface area is 255 Å². The van der Waals surface area contributed by atoms with Gasteiger partial charge >= 0.3 is 12.1 Å². The smallest absolute Gasteiger partial charge is 0.410 e. The number of anilines is 1. The monoisotopic (exact) mass is 613 g/mol. The average molecular weight is 614 g/mol. The third-order valence-electron chi connectivity index (χ3n) is 6.55. The number of nitrogens with zero attached hydrogens (tertiary/aromatic N) is 3. The summed E-state index contributed by atoms with van der Waals surface area (Å²) in [5, 5.41) is 6.51. The molecule has 3 rings (SSSR count). The number of pyridine rings is 1. The fraction of sp³-hybridized carbons (Fsp3) is 0.516. The highest BCUT2D eigenvalue weighted by molar-refractivity contribution is 6.76. The van der Waals surface area contributed by atoms with Crippen LogP contribution in [0.15, 0.2) is 36.5 Å². The average Bonchev–Trinajstić information content (AvgIpc) is 3.28. The van der Waals surface area contributed by atoms with Crippen LogP contribution in [0.5, 0.6) is 11.5 Å². The molecule has 0 bridgehead atoms. The molecule has 0 fully saturated rings. The lowest BCUT2D eigenvalue weighted by Gasteiger charge is -2.24. The third kappa shape index (κ3) is 9.89. The molecule has 43 heavy (non-hydrogen) atoms. The first-order valence-corrected chi connectivity index (χ1v) is 18.2. The molecule has 3 aromatic rings. The molecule has 1 aromatic carbocycles. The van der Waals surface area contributed by atoms with E-state index in [0.717, 1.165) is 22.6 Å². The van der Waals surface area contributed by atoms with Crippen molar-refractivity contribution >= 4 is 37.0 Å². The molecule has 2 N–H and O–H groups in total. The number of urea groups is 1. The van der Waals surface area contributed by atoms with E-state index in [-0.39, 0.29) is 6.03 Å². The maximum atomic E-state index is 12.7. The zero-order valence-corrected chi connectivity index (χ0v) is 28.0. The number of carbonyl (C=O) groups excluding carboxylic acids is 2. The molecule has 0 saturated heterocycles. The van der Waals surface area contributed by atoms with Gasteiger partial charge in [-0.2, -0.15) is 0 Å². The maximum absolute atomic E-state index is 12.7. The Morgan fingerprint density at radius 1 is 1.05 bits per heavy atom.